The summed E-state index contributed by atoms with van der Waals surface area (Å²) in [6.07, 6.45) is 1.70. The van der Waals surface area contributed by atoms with Gasteiger partial charge in [0.05, 0.1) is 0 Å². The van der Waals surface area contributed by atoms with Crippen molar-refractivity contribution in [2.45, 2.75) is 6.54 Å². The predicted octanol–water partition coefficient (Wildman–Crippen LogP) is 2.47. The molecule has 102 valence electrons. The third-order valence-corrected chi connectivity index (χ3v) is 3.13. The van der Waals surface area contributed by atoms with Crippen molar-refractivity contribution in [3.8, 4) is 11.1 Å². The fourth-order valence-electron chi connectivity index (χ4n) is 2.13. The Kier molecular flexibility index (Phi) is 4.17. The van der Waals surface area contributed by atoms with Gasteiger partial charge in [-0.1, -0.05) is 24.3 Å². The summed E-state index contributed by atoms with van der Waals surface area (Å²) in [6.45, 7) is 0.532. The predicted molar refractivity (Wildman–Crippen MR) is 82.9 cm³/mol. The van der Waals surface area contributed by atoms with Crippen LogP contribution in [0.1, 0.15) is 5.56 Å². The molecule has 0 saturated heterocycles. The molecule has 0 amide bonds. The van der Waals surface area contributed by atoms with Gasteiger partial charge in [-0.05, 0) is 28.8 Å². The first-order chi connectivity index (χ1) is 9.28. The van der Waals surface area contributed by atoms with E-state index in [1.165, 1.54) is 6.07 Å². The highest BCUT2D eigenvalue weighted by Crippen LogP contribution is 2.25. The third-order valence-electron chi connectivity index (χ3n) is 3.13. The molecule has 0 spiro atoms. The molecule has 5 heteroatoms. The van der Waals surface area contributed by atoms with Crippen LogP contribution in [-0.4, -0.2) is 9.97 Å². The van der Waals surface area contributed by atoms with Crippen LogP contribution in [0.15, 0.2) is 53.5 Å². The van der Waals surface area contributed by atoms with Gasteiger partial charge >= 0.3 is 0 Å². The number of halogens is 1. The summed E-state index contributed by atoms with van der Waals surface area (Å²) < 4.78 is 0. The van der Waals surface area contributed by atoms with Gasteiger partial charge in [-0.3, -0.25) is 4.79 Å². The minimum atomic E-state index is -0.143. The first kappa shape index (κ1) is 14.2. The van der Waals surface area contributed by atoms with Crippen molar-refractivity contribution in [2.24, 2.45) is 5.73 Å². The fraction of sp³-hybridized carbons (Fsp3) is 0.0667. The molecule has 1 aromatic carbocycles. The van der Waals surface area contributed by atoms with Gasteiger partial charge in [0, 0.05) is 24.2 Å². The van der Waals surface area contributed by atoms with Gasteiger partial charge in [0.1, 0.15) is 5.65 Å². The van der Waals surface area contributed by atoms with Crippen LogP contribution in [-0.2, 0) is 6.54 Å². The van der Waals surface area contributed by atoms with Gasteiger partial charge in [-0.2, -0.15) is 0 Å². The number of hydrogen-bond acceptors (Lipinski definition) is 3. The second-order valence-electron chi connectivity index (χ2n) is 4.34. The Morgan fingerprint density at radius 1 is 1.05 bits per heavy atom. The molecule has 3 aromatic rings. The largest absolute Gasteiger partial charge is 0.326 e. The number of H-pyrrole nitrogens is 1. The zero-order valence-corrected chi connectivity index (χ0v) is 11.5. The Morgan fingerprint density at radius 2 is 1.80 bits per heavy atom. The Hall–Kier alpha value is -2.17. The van der Waals surface area contributed by atoms with E-state index in [0.29, 0.717) is 12.2 Å². The van der Waals surface area contributed by atoms with Crippen LogP contribution in [0, 0.1) is 0 Å². The lowest BCUT2D eigenvalue weighted by atomic mass is 10.0. The Balaban J connectivity index is 0.00000147. The third kappa shape index (κ3) is 2.57. The molecule has 2 heterocycles. The number of nitrogens with two attached hydrogens (primary N) is 1. The average molecular weight is 288 g/mol. The molecule has 4 nitrogen and oxygen atoms in total. The molecule has 20 heavy (non-hydrogen) atoms. The van der Waals surface area contributed by atoms with E-state index in [-0.39, 0.29) is 18.0 Å². The molecular weight excluding hydrogens is 274 g/mol. The molecule has 3 rings (SSSR count). The molecule has 0 aliphatic carbocycles. The lowest BCUT2D eigenvalue weighted by Crippen LogP contribution is -2.03. The van der Waals surface area contributed by atoms with E-state index in [1.807, 2.05) is 30.3 Å². The fourth-order valence-corrected chi connectivity index (χ4v) is 2.13. The van der Waals surface area contributed by atoms with Crippen molar-refractivity contribution in [3.05, 3.63) is 64.6 Å². The second kappa shape index (κ2) is 5.86. The molecule has 0 radical (unpaired) electrons. The Bertz CT molecular complexity index is 781. The van der Waals surface area contributed by atoms with Crippen LogP contribution in [0.5, 0.6) is 0 Å². The maximum atomic E-state index is 11.3. The van der Waals surface area contributed by atoms with Gasteiger partial charge in [-0.15, -0.1) is 12.4 Å². The van der Waals surface area contributed by atoms with Crippen LogP contribution < -0.4 is 11.3 Å². The van der Waals surface area contributed by atoms with Crippen molar-refractivity contribution in [1.29, 1.82) is 0 Å². The van der Waals surface area contributed by atoms with E-state index in [0.717, 1.165) is 22.1 Å². The van der Waals surface area contributed by atoms with E-state index < -0.39 is 0 Å². The minimum absolute atomic E-state index is 0. The van der Waals surface area contributed by atoms with E-state index in [4.69, 9.17) is 5.73 Å². The lowest BCUT2D eigenvalue weighted by molar-refractivity contribution is 1.07. The number of hydrogen-bond donors (Lipinski definition) is 2. The molecule has 2 aromatic heterocycles. The topological polar surface area (TPSA) is 71.8 Å². The van der Waals surface area contributed by atoms with Crippen molar-refractivity contribution in [2.75, 3.05) is 0 Å². The highest BCUT2D eigenvalue weighted by atomic mass is 35.5. The first-order valence-corrected chi connectivity index (χ1v) is 6.05. The SMILES string of the molecule is Cl.NCc1ccc(-c2ccnc3[nH]c(=O)ccc23)cc1. The van der Waals surface area contributed by atoms with E-state index in [2.05, 4.69) is 9.97 Å². The number of pyridine rings is 2. The monoisotopic (exact) mass is 287 g/mol. The summed E-state index contributed by atoms with van der Waals surface area (Å²) in [5, 5.41) is 0.933. The summed E-state index contributed by atoms with van der Waals surface area (Å²) in [7, 11) is 0. The zero-order chi connectivity index (χ0) is 13.2. The van der Waals surface area contributed by atoms with E-state index in [1.54, 1.807) is 12.3 Å². The first-order valence-electron chi connectivity index (χ1n) is 6.05. The van der Waals surface area contributed by atoms with Gasteiger partial charge in [0.25, 0.3) is 0 Å². The molecule has 3 N–H and O–H groups in total. The van der Waals surface area contributed by atoms with Gasteiger partial charge < -0.3 is 10.7 Å². The summed E-state index contributed by atoms with van der Waals surface area (Å²) in [4.78, 5) is 18.2. The lowest BCUT2D eigenvalue weighted by Gasteiger charge is -2.06. The number of aromatic amines is 1. The number of benzene rings is 1. The normalized spacial score (nSPS) is 10.2. The van der Waals surface area contributed by atoms with Crippen LogP contribution in [0.3, 0.4) is 0 Å². The summed E-state index contributed by atoms with van der Waals surface area (Å²) in [6, 6.07) is 13.3. The Morgan fingerprint density at radius 3 is 2.50 bits per heavy atom. The maximum absolute atomic E-state index is 11.3. The molecule has 0 fully saturated rings. The van der Waals surface area contributed by atoms with Crippen molar-refractivity contribution < 1.29 is 0 Å². The summed E-state index contributed by atoms with van der Waals surface area (Å²) in [5.74, 6) is 0. The van der Waals surface area contributed by atoms with Crippen molar-refractivity contribution >= 4 is 23.4 Å². The second-order valence-corrected chi connectivity index (χ2v) is 4.34. The smallest absolute Gasteiger partial charge is 0.249 e. The highest BCUT2D eigenvalue weighted by molar-refractivity contribution is 5.92. The number of rotatable bonds is 2. The number of nitrogens with zero attached hydrogens (tertiary/aromatic N) is 1. The molecule has 0 aliphatic heterocycles. The molecule has 0 unspecified atom stereocenters. The molecule has 0 bridgehead atoms. The molecular formula is C15H14ClN3O. The maximum Gasteiger partial charge on any atom is 0.249 e. The number of aromatic nitrogens is 2. The highest BCUT2D eigenvalue weighted by Gasteiger charge is 2.05. The zero-order valence-electron chi connectivity index (χ0n) is 10.7. The molecule has 0 atom stereocenters. The standard InChI is InChI=1S/C15H13N3O.ClH/c16-9-10-1-3-11(4-2-10)12-7-8-17-15-13(12)5-6-14(19)18-15;/h1-8H,9,16H2,(H,17,18,19);1H. The van der Waals surface area contributed by atoms with E-state index in [9.17, 15) is 4.79 Å². The van der Waals surface area contributed by atoms with Crippen molar-refractivity contribution in [3.63, 3.8) is 0 Å². The van der Waals surface area contributed by atoms with Crippen LogP contribution in [0.2, 0.25) is 0 Å². The Labute approximate surface area is 122 Å². The van der Waals surface area contributed by atoms with Crippen molar-refractivity contribution in [1.82, 2.24) is 9.97 Å². The van der Waals surface area contributed by atoms with Crippen LogP contribution >= 0.6 is 12.4 Å². The van der Waals surface area contributed by atoms with Gasteiger partial charge in [-0.25, -0.2) is 4.98 Å². The number of nitrogens with one attached hydrogen (secondary N) is 1. The molecule has 0 saturated carbocycles. The summed E-state index contributed by atoms with van der Waals surface area (Å²) >= 11 is 0. The molecule has 0 aliphatic rings. The van der Waals surface area contributed by atoms with Crippen LogP contribution in [0.25, 0.3) is 22.2 Å². The average Bonchev–Trinajstić information content (AvgIpc) is 2.46. The van der Waals surface area contributed by atoms with Gasteiger partial charge in [0.2, 0.25) is 5.56 Å². The van der Waals surface area contributed by atoms with E-state index >= 15 is 0 Å². The summed E-state index contributed by atoms with van der Waals surface area (Å²) in [5.41, 5.74) is 9.28. The van der Waals surface area contributed by atoms with Crippen LogP contribution in [0.4, 0.5) is 0 Å². The number of fused-ring (bicyclic) bond motifs is 1. The van der Waals surface area contributed by atoms with Gasteiger partial charge in [0.15, 0.2) is 0 Å². The minimum Gasteiger partial charge on any atom is -0.326 e. The quantitative estimate of drug-likeness (QED) is 0.760.